The van der Waals surface area contributed by atoms with Gasteiger partial charge in [0.05, 0.1) is 13.0 Å². The zero-order valence-electron chi connectivity index (χ0n) is 9.47. The number of nitrogens with zero attached hydrogens (tertiary/aromatic N) is 1. The van der Waals surface area contributed by atoms with Crippen LogP contribution < -0.4 is 0 Å². The molecule has 0 aromatic carbocycles. The van der Waals surface area contributed by atoms with Crippen molar-refractivity contribution in [1.82, 2.24) is 4.98 Å². The van der Waals surface area contributed by atoms with Gasteiger partial charge in [-0.2, -0.15) is 0 Å². The average Bonchev–Trinajstić information content (AvgIpc) is 2.23. The number of esters is 1. The van der Waals surface area contributed by atoms with Gasteiger partial charge >= 0.3 is 5.97 Å². The van der Waals surface area contributed by atoms with Crippen LogP contribution in [0.1, 0.15) is 30.0 Å². The van der Waals surface area contributed by atoms with E-state index in [-0.39, 0.29) is 34.9 Å². The normalized spacial score (nSPS) is 10.7. The number of rotatable bonds is 4. The summed E-state index contributed by atoms with van der Waals surface area (Å²) in [7, 11) is 0. The summed E-state index contributed by atoms with van der Waals surface area (Å²) in [5.74, 6) is -0.557. The van der Waals surface area contributed by atoms with E-state index in [1.807, 2.05) is 0 Å². The zero-order chi connectivity index (χ0) is 13.0. The minimum Gasteiger partial charge on any atom is -0.466 e. The topological polar surface area (TPSA) is 39.2 Å². The highest BCUT2D eigenvalue weighted by atomic mass is 35.5. The Morgan fingerprint density at radius 3 is 2.76 bits per heavy atom. The number of pyridine rings is 1. The van der Waals surface area contributed by atoms with Gasteiger partial charge in [-0.05, 0) is 25.0 Å². The minimum absolute atomic E-state index is 0.0212. The smallest absolute Gasteiger partial charge is 0.310 e. The van der Waals surface area contributed by atoms with E-state index in [9.17, 15) is 13.6 Å². The molecule has 0 aliphatic carbocycles. The van der Waals surface area contributed by atoms with Gasteiger partial charge in [0.2, 0.25) is 0 Å². The van der Waals surface area contributed by atoms with Gasteiger partial charge in [0.1, 0.15) is 5.15 Å². The Kier molecular flexibility index (Phi) is 4.81. The molecule has 0 unspecified atom stereocenters. The molecule has 0 saturated heterocycles. The molecule has 1 rings (SSSR count). The van der Waals surface area contributed by atoms with Gasteiger partial charge in [0, 0.05) is 11.8 Å². The van der Waals surface area contributed by atoms with Crippen LogP contribution in [-0.2, 0) is 16.0 Å². The van der Waals surface area contributed by atoms with Gasteiger partial charge in [-0.25, -0.2) is 13.8 Å². The van der Waals surface area contributed by atoms with Gasteiger partial charge in [-0.15, -0.1) is 0 Å². The molecule has 0 atom stereocenters. The van der Waals surface area contributed by atoms with Crippen molar-refractivity contribution in [3.63, 3.8) is 0 Å². The van der Waals surface area contributed by atoms with Crippen molar-refractivity contribution in [2.45, 2.75) is 26.7 Å². The van der Waals surface area contributed by atoms with Gasteiger partial charge in [0.25, 0.3) is 6.43 Å². The standard InChI is InChI=1S/C11H12ClF2NO2/c1-3-17-8(16)4-7-5-15-10(12)6(2)9(7)11(13)14/h5,11H,3-4H2,1-2H3. The number of carbonyl (C=O) groups excluding carboxylic acids is 1. The first-order valence-electron chi connectivity index (χ1n) is 5.05. The molecule has 0 amide bonds. The molecule has 3 nitrogen and oxygen atoms in total. The van der Waals surface area contributed by atoms with E-state index >= 15 is 0 Å². The van der Waals surface area contributed by atoms with Gasteiger partial charge < -0.3 is 4.74 Å². The van der Waals surface area contributed by atoms with Crippen LogP contribution in [0.2, 0.25) is 5.15 Å². The molecule has 94 valence electrons. The van der Waals surface area contributed by atoms with Crippen molar-refractivity contribution in [2.24, 2.45) is 0 Å². The van der Waals surface area contributed by atoms with E-state index in [4.69, 9.17) is 16.3 Å². The molecular formula is C11H12ClF2NO2. The van der Waals surface area contributed by atoms with Crippen molar-refractivity contribution in [3.05, 3.63) is 28.0 Å². The van der Waals surface area contributed by atoms with E-state index < -0.39 is 12.4 Å². The predicted octanol–water partition coefficient (Wildman–Crippen LogP) is 3.09. The van der Waals surface area contributed by atoms with Crippen LogP contribution >= 0.6 is 11.6 Å². The third-order valence-corrected chi connectivity index (χ3v) is 2.63. The molecule has 0 N–H and O–H groups in total. The molecule has 1 aromatic heterocycles. The molecule has 0 spiro atoms. The maximum Gasteiger partial charge on any atom is 0.310 e. The monoisotopic (exact) mass is 263 g/mol. The molecule has 0 bridgehead atoms. The lowest BCUT2D eigenvalue weighted by Gasteiger charge is -2.11. The van der Waals surface area contributed by atoms with Crippen LogP contribution in [0.5, 0.6) is 0 Å². The molecule has 1 heterocycles. The number of hydrogen-bond donors (Lipinski definition) is 0. The molecule has 0 radical (unpaired) electrons. The predicted molar refractivity (Wildman–Crippen MR) is 59.3 cm³/mol. The second-order valence-electron chi connectivity index (χ2n) is 3.40. The van der Waals surface area contributed by atoms with Crippen LogP contribution in [-0.4, -0.2) is 17.6 Å². The molecule has 1 aromatic rings. The molecular weight excluding hydrogens is 252 g/mol. The Labute approximate surface area is 103 Å². The molecule has 0 fully saturated rings. The summed E-state index contributed by atoms with van der Waals surface area (Å²) < 4.78 is 30.4. The van der Waals surface area contributed by atoms with E-state index in [1.165, 1.54) is 13.1 Å². The quantitative estimate of drug-likeness (QED) is 0.619. The number of ether oxygens (including phenoxy) is 1. The van der Waals surface area contributed by atoms with Crippen LogP contribution in [0.15, 0.2) is 6.20 Å². The highest BCUT2D eigenvalue weighted by Gasteiger charge is 2.20. The maximum absolute atomic E-state index is 12.9. The van der Waals surface area contributed by atoms with Gasteiger partial charge in [-0.1, -0.05) is 11.6 Å². The van der Waals surface area contributed by atoms with Crippen molar-refractivity contribution in [2.75, 3.05) is 6.61 Å². The second-order valence-corrected chi connectivity index (χ2v) is 3.75. The molecule has 17 heavy (non-hydrogen) atoms. The lowest BCUT2D eigenvalue weighted by molar-refractivity contribution is -0.142. The van der Waals surface area contributed by atoms with Crippen molar-refractivity contribution < 1.29 is 18.3 Å². The Bertz CT molecular complexity index is 424. The lowest BCUT2D eigenvalue weighted by Crippen LogP contribution is -2.11. The number of hydrogen-bond acceptors (Lipinski definition) is 3. The molecule has 0 saturated carbocycles. The highest BCUT2D eigenvalue weighted by molar-refractivity contribution is 6.30. The fourth-order valence-electron chi connectivity index (χ4n) is 1.47. The number of carbonyl (C=O) groups is 1. The Balaban J connectivity index is 3.07. The molecule has 6 heteroatoms. The van der Waals surface area contributed by atoms with E-state index in [0.717, 1.165) is 0 Å². The summed E-state index contributed by atoms with van der Waals surface area (Å²) in [6.07, 6.45) is -1.73. The largest absolute Gasteiger partial charge is 0.466 e. The van der Waals surface area contributed by atoms with Crippen LogP contribution in [0.4, 0.5) is 8.78 Å². The first kappa shape index (κ1) is 13.8. The third kappa shape index (κ3) is 3.36. The summed E-state index contributed by atoms with van der Waals surface area (Å²) in [6, 6.07) is 0. The maximum atomic E-state index is 12.9. The van der Waals surface area contributed by atoms with Crippen LogP contribution in [0.25, 0.3) is 0 Å². The second kappa shape index (κ2) is 5.91. The molecule has 0 aliphatic rings. The fraction of sp³-hybridized carbons (Fsp3) is 0.455. The van der Waals surface area contributed by atoms with E-state index in [0.29, 0.717) is 0 Å². The van der Waals surface area contributed by atoms with Gasteiger partial charge in [-0.3, -0.25) is 4.79 Å². The molecule has 0 aliphatic heterocycles. The average molecular weight is 264 g/mol. The minimum atomic E-state index is -2.69. The number of alkyl halides is 2. The van der Waals surface area contributed by atoms with Crippen LogP contribution in [0.3, 0.4) is 0 Å². The van der Waals surface area contributed by atoms with Crippen molar-refractivity contribution in [3.8, 4) is 0 Å². The Morgan fingerprint density at radius 1 is 1.59 bits per heavy atom. The lowest BCUT2D eigenvalue weighted by atomic mass is 10.0. The SMILES string of the molecule is CCOC(=O)Cc1cnc(Cl)c(C)c1C(F)F. The summed E-state index contributed by atoms with van der Waals surface area (Å²) in [4.78, 5) is 15.0. The summed E-state index contributed by atoms with van der Waals surface area (Å²) in [5.41, 5.74) is 0.113. The third-order valence-electron chi connectivity index (χ3n) is 2.25. The first-order valence-corrected chi connectivity index (χ1v) is 5.42. The first-order chi connectivity index (χ1) is 7.97. The van der Waals surface area contributed by atoms with E-state index in [2.05, 4.69) is 4.98 Å². The number of aromatic nitrogens is 1. The van der Waals surface area contributed by atoms with Crippen molar-refractivity contribution >= 4 is 17.6 Å². The summed E-state index contributed by atoms with van der Waals surface area (Å²) in [6.45, 7) is 3.31. The van der Waals surface area contributed by atoms with Gasteiger partial charge in [0.15, 0.2) is 0 Å². The highest BCUT2D eigenvalue weighted by Crippen LogP contribution is 2.29. The zero-order valence-corrected chi connectivity index (χ0v) is 10.2. The fourth-order valence-corrected chi connectivity index (χ4v) is 1.62. The van der Waals surface area contributed by atoms with Crippen LogP contribution in [0, 0.1) is 6.92 Å². The Hall–Kier alpha value is -1.23. The van der Waals surface area contributed by atoms with Crippen molar-refractivity contribution in [1.29, 1.82) is 0 Å². The van der Waals surface area contributed by atoms with E-state index in [1.54, 1.807) is 6.92 Å². The summed E-state index contributed by atoms with van der Waals surface area (Å²) in [5, 5.41) is 0.0212. The summed E-state index contributed by atoms with van der Waals surface area (Å²) >= 11 is 5.67. The Morgan fingerprint density at radius 2 is 2.24 bits per heavy atom. The number of halogens is 3.